The number of carbonyl (C=O) groups is 2. The van der Waals surface area contributed by atoms with Crippen molar-refractivity contribution in [3.05, 3.63) is 23.3 Å². The van der Waals surface area contributed by atoms with E-state index in [0.717, 1.165) is 12.0 Å². The van der Waals surface area contributed by atoms with Crippen LogP contribution in [0.4, 0.5) is 0 Å². The monoisotopic (exact) mass is 954 g/mol. The van der Waals surface area contributed by atoms with Crippen LogP contribution in [0.25, 0.3) is 0 Å². The Morgan fingerprint density at radius 2 is 1.24 bits per heavy atom. The lowest BCUT2D eigenvalue weighted by Crippen LogP contribution is -2.62. The minimum atomic E-state index is -1.59. The number of allylic oxidation sites excluding steroid dienone is 1. The smallest absolute Gasteiger partial charge is 0.331 e. The molecule has 0 radical (unpaired) electrons. The number of methoxy groups -OCH3 is 3. The second-order valence-electron chi connectivity index (χ2n) is 20.5. The van der Waals surface area contributed by atoms with E-state index >= 15 is 0 Å². The molecule has 0 aromatic rings. The molecule has 380 valence electrons. The number of cyclic esters (lactones) is 1. The van der Waals surface area contributed by atoms with Crippen LogP contribution in [-0.2, 0) is 66.4 Å². The predicted molar refractivity (Wildman–Crippen MR) is 232 cm³/mol. The summed E-state index contributed by atoms with van der Waals surface area (Å²) in [7, 11) is 4.73. The van der Waals surface area contributed by atoms with Crippen LogP contribution in [0.2, 0.25) is 0 Å². The molecule has 0 spiro atoms. The van der Waals surface area contributed by atoms with Crippen LogP contribution in [0.5, 0.6) is 0 Å². The number of ether oxygens (including phenoxy) is 12. The molecule has 5 aliphatic heterocycles. The fourth-order valence-corrected chi connectivity index (χ4v) is 12.6. The van der Waals surface area contributed by atoms with Gasteiger partial charge in [-0.25, -0.2) is 4.79 Å². The van der Waals surface area contributed by atoms with Crippen molar-refractivity contribution < 1.29 is 92.0 Å². The lowest BCUT2D eigenvalue weighted by Gasteiger charge is -2.56. The molecule has 19 heteroatoms. The van der Waals surface area contributed by atoms with Crippen molar-refractivity contribution in [1.29, 1.82) is 0 Å². The van der Waals surface area contributed by atoms with E-state index in [1.54, 1.807) is 21.1 Å². The summed E-state index contributed by atoms with van der Waals surface area (Å²) in [6.45, 7) is 10.9. The Labute approximate surface area is 392 Å². The predicted octanol–water partition coefficient (Wildman–Crippen LogP) is 1.74. The molecular formula is C48H74O19. The molecule has 5 N–H and O–H groups in total. The summed E-state index contributed by atoms with van der Waals surface area (Å²) < 4.78 is 73.5. The van der Waals surface area contributed by atoms with Crippen LogP contribution < -0.4 is 0 Å². The van der Waals surface area contributed by atoms with E-state index < -0.39 is 141 Å². The molecule has 0 bridgehead atoms. The number of fused-ring (bicyclic) bond motifs is 3. The van der Waals surface area contributed by atoms with Gasteiger partial charge in [-0.15, -0.1) is 0 Å². The number of esters is 1. The number of hydrogen-bond acceptors (Lipinski definition) is 19. The lowest BCUT2D eigenvalue weighted by molar-refractivity contribution is -0.357. The molecule has 8 aliphatic rings. The van der Waals surface area contributed by atoms with Gasteiger partial charge >= 0.3 is 5.97 Å². The molecule has 19 nitrogen and oxygen atoms in total. The highest BCUT2D eigenvalue weighted by molar-refractivity contribution is 5.95. The molecule has 67 heavy (non-hydrogen) atoms. The Bertz CT molecular complexity index is 1810. The maximum Gasteiger partial charge on any atom is 0.331 e. The maximum absolute atomic E-state index is 14.2. The Balaban J connectivity index is 0.839. The van der Waals surface area contributed by atoms with Gasteiger partial charge in [0, 0.05) is 52.6 Å². The summed E-state index contributed by atoms with van der Waals surface area (Å²) in [6, 6.07) is 0. The van der Waals surface area contributed by atoms with E-state index in [0.29, 0.717) is 38.5 Å². The zero-order valence-corrected chi connectivity index (χ0v) is 40.2. The van der Waals surface area contributed by atoms with Gasteiger partial charge in [-0.2, -0.15) is 0 Å². The van der Waals surface area contributed by atoms with Crippen molar-refractivity contribution in [2.75, 3.05) is 27.9 Å². The average molecular weight is 955 g/mol. The summed E-state index contributed by atoms with van der Waals surface area (Å²) in [4.78, 5) is 26.3. The van der Waals surface area contributed by atoms with E-state index in [4.69, 9.17) is 56.8 Å². The minimum absolute atomic E-state index is 0.0691. The van der Waals surface area contributed by atoms with Gasteiger partial charge in [0.2, 0.25) is 0 Å². The molecule has 24 atom stereocenters. The van der Waals surface area contributed by atoms with Gasteiger partial charge in [-0.05, 0) is 83.6 Å². The number of aliphatic hydroxyl groups is 5. The molecule has 4 saturated heterocycles. The van der Waals surface area contributed by atoms with Gasteiger partial charge in [0.1, 0.15) is 54.6 Å². The van der Waals surface area contributed by atoms with Crippen molar-refractivity contribution in [2.24, 2.45) is 22.7 Å². The van der Waals surface area contributed by atoms with Crippen molar-refractivity contribution in [2.45, 2.75) is 216 Å². The van der Waals surface area contributed by atoms with Gasteiger partial charge in [0.25, 0.3) is 0 Å². The second kappa shape index (κ2) is 20.6. The molecule has 0 aromatic carbocycles. The lowest BCUT2D eigenvalue weighted by atomic mass is 9.49. The van der Waals surface area contributed by atoms with E-state index in [1.807, 2.05) is 27.7 Å². The third-order valence-corrected chi connectivity index (χ3v) is 16.5. The van der Waals surface area contributed by atoms with Gasteiger partial charge in [-0.3, -0.25) is 4.79 Å². The van der Waals surface area contributed by atoms with Crippen LogP contribution in [0, 0.1) is 22.7 Å². The van der Waals surface area contributed by atoms with Crippen LogP contribution in [0.15, 0.2) is 23.3 Å². The molecule has 3 aliphatic carbocycles. The molecular weight excluding hydrogens is 881 g/mol. The highest BCUT2D eigenvalue weighted by Crippen LogP contribution is 2.60. The fraction of sp³-hybridized carbons (Fsp3) is 0.875. The summed E-state index contributed by atoms with van der Waals surface area (Å²) in [5.74, 6) is -0.376. The van der Waals surface area contributed by atoms with E-state index in [-0.39, 0.29) is 29.5 Å². The van der Waals surface area contributed by atoms with E-state index in [9.17, 15) is 35.1 Å². The van der Waals surface area contributed by atoms with Crippen LogP contribution >= 0.6 is 0 Å². The summed E-state index contributed by atoms with van der Waals surface area (Å²) >= 11 is 0. The Hall–Kier alpha value is -2.02. The highest BCUT2D eigenvalue weighted by atomic mass is 16.8. The SMILES string of the molecule is CO[C@H]1C[C@H](O[C@H]2[C@@H](OC)C[C@H](O[C@@H]3CC4=CC[C@H]5C(=O)[C@@](C)(C6=CC(=O)O[C@@H]6C)CC[C@@H]5[C@@]4(C)C[C@H]3O)O[C@@H]2C)O[C@@H](C)[C@H]1O[C@H]1C[C@H](OC)[C@H](O[C@@H]2O[C@H](CO)[C@@H](O)[C@H](O)[C@H]2O)[C@@H](C)O1. The Kier molecular flexibility index (Phi) is 15.8. The maximum atomic E-state index is 14.2. The molecule has 2 saturated carbocycles. The number of rotatable bonds is 13. The second-order valence-corrected chi connectivity index (χ2v) is 20.5. The largest absolute Gasteiger partial charge is 0.455 e. The summed E-state index contributed by atoms with van der Waals surface area (Å²) in [5, 5.41) is 52.4. The molecule has 8 rings (SSSR count). The third kappa shape index (κ3) is 9.85. The number of carbonyl (C=O) groups excluding carboxylic acids is 2. The van der Waals surface area contributed by atoms with Crippen molar-refractivity contribution >= 4 is 11.8 Å². The topological polar surface area (TPSA) is 246 Å². The average Bonchev–Trinajstić information content (AvgIpc) is 3.65. The van der Waals surface area contributed by atoms with Crippen LogP contribution in [0.1, 0.15) is 92.9 Å². The molecule has 5 heterocycles. The highest BCUT2D eigenvalue weighted by Gasteiger charge is 2.59. The van der Waals surface area contributed by atoms with E-state index in [1.165, 1.54) is 18.8 Å². The van der Waals surface area contributed by atoms with Gasteiger partial charge in [0.15, 0.2) is 25.2 Å². The molecule has 6 fully saturated rings. The van der Waals surface area contributed by atoms with Gasteiger partial charge in [-0.1, -0.05) is 18.6 Å². The zero-order chi connectivity index (χ0) is 48.3. The minimum Gasteiger partial charge on any atom is -0.455 e. The first kappa shape index (κ1) is 51.3. The first-order valence-corrected chi connectivity index (χ1v) is 24.2. The normalized spacial score (nSPS) is 50.5. The number of Topliss-reactive ketones (excluding diaryl/α,β-unsaturated/α-hetero) is 1. The van der Waals surface area contributed by atoms with Crippen LogP contribution in [-0.4, -0.2) is 188 Å². The molecule has 0 unspecified atom stereocenters. The summed E-state index contributed by atoms with van der Waals surface area (Å²) in [5.41, 5.74) is 0.849. The van der Waals surface area contributed by atoms with Gasteiger partial charge < -0.3 is 82.4 Å². The quantitative estimate of drug-likeness (QED) is 0.130. The molecule has 0 amide bonds. The van der Waals surface area contributed by atoms with Crippen molar-refractivity contribution in [1.82, 2.24) is 0 Å². The van der Waals surface area contributed by atoms with Crippen molar-refractivity contribution in [3.63, 3.8) is 0 Å². The Morgan fingerprint density at radius 3 is 1.75 bits per heavy atom. The third-order valence-electron chi connectivity index (χ3n) is 16.5. The van der Waals surface area contributed by atoms with Crippen LogP contribution in [0.3, 0.4) is 0 Å². The number of ketones is 1. The van der Waals surface area contributed by atoms with Crippen molar-refractivity contribution in [3.8, 4) is 0 Å². The first-order valence-electron chi connectivity index (χ1n) is 24.2. The zero-order valence-electron chi connectivity index (χ0n) is 40.2. The van der Waals surface area contributed by atoms with E-state index in [2.05, 4.69) is 13.0 Å². The standard InChI is InChI=1S/C48H74O19/c1-21-28(15-35(51)59-21)47(5)13-12-27-26(45(47)55)11-10-25-14-30(29(50)19-48(25,27)6)63-36-16-31(56-7)42(22(2)60-36)65-37-17-32(57-8)43(23(3)61-37)66-38-18-33(58-9)44(24(4)62-38)67-46-41(54)40(53)39(52)34(20-49)64-46/h10,15,21-24,26-27,29-34,36-44,46,49-50,52-54H,11-14,16-20H2,1-9H3/t21-,22-,23+,24-,26-,27+,29-,30-,31+,32+,33+,34-,36+,37+,38+,39-,40+,41-,42-,43-,44-,46+,47-,48+/m1/s1. The fourth-order valence-electron chi connectivity index (χ4n) is 12.6. The first-order chi connectivity index (χ1) is 31.8. The summed E-state index contributed by atoms with van der Waals surface area (Å²) in [6.07, 6.45) is -8.32. The Morgan fingerprint density at radius 1 is 0.701 bits per heavy atom. The molecule has 0 aromatic heterocycles. The number of aliphatic hydroxyl groups excluding tert-OH is 5. The number of hydrogen-bond donors (Lipinski definition) is 5. The van der Waals surface area contributed by atoms with Gasteiger partial charge in [0.05, 0.1) is 60.9 Å².